The third kappa shape index (κ3) is 3.55. The highest BCUT2D eigenvalue weighted by Crippen LogP contribution is 2.18. The van der Waals surface area contributed by atoms with Gasteiger partial charge in [0.1, 0.15) is 5.82 Å². The molecule has 2 aromatic carbocycles. The fourth-order valence-corrected chi connectivity index (χ4v) is 2.04. The molecule has 3 heteroatoms. The van der Waals surface area contributed by atoms with Crippen LogP contribution < -0.4 is 10.6 Å². The summed E-state index contributed by atoms with van der Waals surface area (Å²) in [4.78, 5) is 2.10. The smallest absolute Gasteiger partial charge is 0.128 e. The number of hydrogen-bond donors (Lipinski definition) is 1. The largest absolute Gasteiger partial charge is 0.366 e. The molecule has 0 aromatic heterocycles. The molecule has 0 aliphatic rings. The first kappa shape index (κ1) is 13.6. The van der Waals surface area contributed by atoms with Crippen molar-refractivity contribution in [3.8, 4) is 0 Å². The van der Waals surface area contributed by atoms with Crippen molar-refractivity contribution >= 4 is 5.69 Å². The number of nitrogens with zero attached hydrogens (tertiary/aromatic N) is 1. The predicted octanol–water partition coefficient (Wildman–Crippen LogP) is 3.10. The van der Waals surface area contributed by atoms with Gasteiger partial charge in [-0.3, -0.25) is 0 Å². The number of nitrogens with two attached hydrogens (primary N) is 1. The molecule has 0 aliphatic carbocycles. The maximum absolute atomic E-state index is 13.7. The molecule has 100 valence electrons. The molecular formula is C16H19FN2. The van der Waals surface area contributed by atoms with Gasteiger partial charge in [0.25, 0.3) is 0 Å². The molecule has 0 amide bonds. The molecule has 0 spiro atoms. The molecule has 0 bridgehead atoms. The molecule has 0 radical (unpaired) electrons. The standard InChI is InChI=1S/C16H19FN2/c1-13-6-8-15(9-7-13)19(11-10-18)12-14-4-2-3-5-16(14)17/h2-9H,10-12,18H2,1H3. The van der Waals surface area contributed by atoms with Crippen molar-refractivity contribution in [1.82, 2.24) is 0 Å². The highest BCUT2D eigenvalue weighted by molar-refractivity contribution is 5.48. The van der Waals surface area contributed by atoms with Crippen LogP contribution in [0.3, 0.4) is 0 Å². The van der Waals surface area contributed by atoms with Gasteiger partial charge in [-0.15, -0.1) is 0 Å². The van der Waals surface area contributed by atoms with Gasteiger partial charge in [0.05, 0.1) is 0 Å². The van der Waals surface area contributed by atoms with Gasteiger partial charge >= 0.3 is 0 Å². The molecule has 0 unspecified atom stereocenters. The average Bonchev–Trinajstić information content (AvgIpc) is 2.42. The summed E-state index contributed by atoms with van der Waals surface area (Å²) in [6.07, 6.45) is 0. The average molecular weight is 258 g/mol. The minimum absolute atomic E-state index is 0.170. The lowest BCUT2D eigenvalue weighted by atomic mass is 10.1. The van der Waals surface area contributed by atoms with E-state index in [0.717, 1.165) is 5.69 Å². The van der Waals surface area contributed by atoms with Gasteiger partial charge in [0.15, 0.2) is 0 Å². The van der Waals surface area contributed by atoms with Crippen LogP contribution in [0.4, 0.5) is 10.1 Å². The fourth-order valence-electron chi connectivity index (χ4n) is 2.04. The summed E-state index contributed by atoms with van der Waals surface area (Å²) < 4.78 is 13.7. The molecule has 0 heterocycles. The van der Waals surface area contributed by atoms with Crippen LogP contribution in [0.1, 0.15) is 11.1 Å². The number of halogens is 1. The quantitative estimate of drug-likeness (QED) is 0.893. The lowest BCUT2D eigenvalue weighted by Crippen LogP contribution is -2.29. The number of hydrogen-bond acceptors (Lipinski definition) is 2. The third-order valence-electron chi connectivity index (χ3n) is 3.12. The van der Waals surface area contributed by atoms with Gasteiger partial charge in [0.2, 0.25) is 0 Å². The predicted molar refractivity (Wildman–Crippen MR) is 77.7 cm³/mol. The van der Waals surface area contributed by atoms with Gasteiger partial charge < -0.3 is 10.6 Å². The Kier molecular flexibility index (Phi) is 4.53. The van der Waals surface area contributed by atoms with Crippen LogP contribution in [0.5, 0.6) is 0 Å². The molecule has 0 fully saturated rings. The summed E-state index contributed by atoms with van der Waals surface area (Å²) in [7, 11) is 0. The van der Waals surface area contributed by atoms with E-state index in [4.69, 9.17) is 5.73 Å². The van der Waals surface area contributed by atoms with Crippen LogP contribution in [-0.2, 0) is 6.54 Å². The molecule has 0 atom stereocenters. The number of anilines is 1. The van der Waals surface area contributed by atoms with Gasteiger partial charge in [-0.1, -0.05) is 35.9 Å². The van der Waals surface area contributed by atoms with Crippen molar-refractivity contribution in [1.29, 1.82) is 0 Å². The molecule has 0 aliphatic heterocycles. The first-order chi connectivity index (χ1) is 9.20. The Morgan fingerprint density at radius 1 is 1.05 bits per heavy atom. The SMILES string of the molecule is Cc1ccc(N(CCN)Cc2ccccc2F)cc1. The summed E-state index contributed by atoms with van der Waals surface area (Å²) in [5, 5.41) is 0. The van der Waals surface area contributed by atoms with Crippen molar-refractivity contribution < 1.29 is 4.39 Å². The summed E-state index contributed by atoms with van der Waals surface area (Å²) >= 11 is 0. The van der Waals surface area contributed by atoms with Gasteiger partial charge in [0, 0.05) is 30.9 Å². The monoisotopic (exact) mass is 258 g/mol. The minimum atomic E-state index is -0.170. The Hall–Kier alpha value is -1.87. The Balaban J connectivity index is 2.21. The summed E-state index contributed by atoms with van der Waals surface area (Å²) in [5.41, 5.74) is 8.62. The van der Waals surface area contributed by atoms with Crippen LogP contribution >= 0.6 is 0 Å². The zero-order valence-corrected chi connectivity index (χ0v) is 11.1. The van der Waals surface area contributed by atoms with E-state index in [9.17, 15) is 4.39 Å². The van der Waals surface area contributed by atoms with Crippen LogP contribution in [0.25, 0.3) is 0 Å². The topological polar surface area (TPSA) is 29.3 Å². The Morgan fingerprint density at radius 3 is 2.37 bits per heavy atom. The van der Waals surface area contributed by atoms with Gasteiger partial charge in [-0.25, -0.2) is 4.39 Å². The third-order valence-corrected chi connectivity index (χ3v) is 3.12. The summed E-state index contributed by atoms with van der Waals surface area (Å²) in [6, 6.07) is 15.1. The van der Waals surface area contributed by atoms with Crippen molar-refractivity contribution in [3.05, 3.63) is 65.5 Å². The lowest BCUT2D eigenvalue weighted by Gasteiger charge is -2.24. The van der Waals surface area contributed by atoms with Gasteiger partial charge in [-0.05, 0) is 25.1 Å². The summed E-state index contributed by atoms with van der Waals surface area (Å²) in [5.74, 6) is -0.170. The van der Waals surface area contributed by atoms with E-state index in [0.29, 0.717) is 25.2 Å². The zero-order chi connectivity index (χ0) is 13.7. The molecular weight excluding hydrogens is 239 g/mol. The second-order valence-corrected chi connectivity index (χ2v) is 4.64. The maximum atomic E-state index is 13.7. The van der Waals surface area contributed by atoms with Crippen LogP contribution in [0, 0.1) is 12.7 Å². The first-order valence-electron chi connectivity index (χ1n) is 6.46. The maximum Gasteiger partial charge on any atom is 0.128 e. The van der Waals surface area contributed by atoms with Crippen LogP contribution in [0.15, 0.2) is 48.5 Å². The Morgan fingerprint density at radius 2 is 1.74 bits per heavy atom. The molecule has 0 saturated carbocycles. The van der Waals surface area contributed by atoms with Gasteiger partial charge in [-0.2, -0.15) is 0 Å². The molecule has 19 heavy (non-hydrogen) atoms. The molecule has 0 saturated heterocycles. The Labute approximate surface area is 113 Å². The highest BCUT2D eigenvalue weighted by Gasteiger charge is 2.09. The molecule has 2 N–H and O–H groups in total. The highest BCUT2D eigenvalue weighted by atomic mass is 19.1. The van der Waals surface area contributed by atoms with E-state index in [-0.39, 0.29) is 5.82 Å². The number of aryl methyl sites for hydroxylation is 1. The van der Waals surface area contributed by atoms with E-state index in [1.165, 1.54) is 11.6 Å². The number of rotatable bonds is 5. The first-order valence-corrected chi connectivity index (χ1v) is 6.46. The fraction of sp³-hybridized carbons (Fsp3) is 0.250. The van der Waals surface area contributed by atoms with E-state index in [2.05, 4.69) is 17.0 Å². The normalized spacial score (nSPS) is 10.5. The van der Waals surface area contributed by atoms with E-state index in [1.54, 1.807) is 6.07 Å². The lowest BCUT2D eigenvalue weighted by molar-refractivity contribution is 0.604. The minimum Gasteiger partial charge on any atom is -0.366 e. The van der Waals surface area contributed by atoms with E-state index < -0.39 is 0 Å². The Bertz CT molecular complexity index is 523. The van der Waals surface area contributed by atoms with E-state index in [1.807, 2.05) is 31.2 Å². The van der Waals surface area contributed by atoms with Crippen molar-refractivity contribution in [2.75, 3.05) is 18.0 Å². The van der Waals surface area contributed by atoms with Crippen LogP contribution in [-0.4, -0.2) is 13.1 Å². The van der Waals surface area contributed by atoms with Crippen molar-refractivity contribution in [2.24, 2.45) is 5.73 Å². The van der Waals surface area contributed by atoms with Crippen LogP contribution in [0.2, 0.25) is 0 Å². The number of benzene rings is 2. The van der Waals surface area contributed by atoms with Crippen molar-refractivity contribution in [2.45, 2.75) is 13.5 Å². The van der Waals surface area contributed by atoms with Crippen molar-refractivity contribution in [3.63, 3.8) is 0 Å². The molecule has 2 nitrogen and oxygen atoms in total. The summed E-state index contributed by atoms with van der Waals surface area (Å²) in [6.45, 7) is 3.83. The second kappa shape index (κ2) is 6.34. The molecule has 2 rings (SSSR count). The molecule has 2 aromatic rings. The van der Waals surface area contributed by atoms with E-state index >= 15 is 0 Å². The zero-order valence-electron chi connectivity index (χ0n) is 11.1. The second-order valence-electron chi connectivity index (χ2n) is 4.64.